The van der Waals surface area contributed by atoms with Crippen molar-refractivity contribution in [1.29, 1.82) is 0 Å². The van der Waals surface area contributed by atoms with Gasteiger partial charge in [0.2, 0.25) is 0 Å². The zero-order valence-electron chi connectivity index (χ0n) is 13.1. The molecule has 0 spiro atoms. The Bertz CT molecular complexity index is 527. The fraction of sp³-hybridized carbons (Fsp3) is 0.368. The van der Waals surface area contributed by atoms with Crippen molar-refractivity contribution >= 4 is 11.3 Å². The average Bonchev–Trinajstić information content (AvgIpc) is 2.64. The summed E-state index contributed by atoms with van der Waals surface area (Å²) in [5.74, 6) is 0.715. The smallest absolute Gasteiger partial charge is 0.0361 e. The first-order valence-electron chi connectivity index (χ1n) is 7.41. The van der Waals surface area contributed by atoms with Crippen LogP contribution in [0.5, 0.6) is 0 Å². The minimum atomic E-state index is 0.715. The molecule has 0 saturated carbocycles. The van der Waals surface area contributed by atoms with Gasteiger partial charge >= 0.3 is 0 Å². The van der Waals surface area contributed by atoms with Gasteiger partial charge in [-0.25, -0.2) is 0 Å². The quantitative estimate of drug-likeness (QED) is 0.736. The third-order valence-corrected chi connectivity index (χ3v) is 3.56. The van der Waals surface area contributed by atoms with Crippen molar-refractivity contribution in [2.45, 2.75) is 26.7 Å². The van der Waals surface area contributed by atoms with E-state index in [0.29, 0.717) is 5.92 Å². The second-order valence-corrected chi connectivity index (χ2v) is 6.05. The molecule has 0 radical (unpaired) electrons. The summed E-state index contributed by atoms with van der Waals surface area (Å²) in [4.78, 5) is 2.13. The molecule has 1 aromatic carbocycles. The monoisotopic (exact) mass is 267 g/mol. The van der Waals surface area contributed by atoms with E-state index in [1.807, 2.05) is 0 Å². The van der Waals surface area contributed by atoms with Crippen LogP contribution < -0.4 is 4.90 Å². The van der Waals surface area contributed by atoms with Gasteiger partial charge in [0, 0.05) is 19.8 Å². The Morgan fingerprint density at radius 3 is 2.30 bits per heavy atom. The highest BCUT2D eigenvalue weighted by Gasteiger charge is 2.04. The molecule has 0 fully saturated rings. The number of allylic oxidation sites excluding steroid dienone is 6. The van der Waals surface area contributed by atoms with Gasteiger partial charge in [-0.3, -0.25) is 0 Å². The molecule has 1 aliphatic rings. The van der Waals surface area contributed by atoms with Crippen molar-refractivity contribution in [3.63, 3.8) is 0 Å². The molecule has 0 heterocycles. The van der Waals surface area contributed by atoms with Crippen LogP contribution in [-0.2, 0) is 0 Å². The largest absolute Gasteiger partial charge is 0.378 e. The van der Waals surface area contributed by atoms with E-state index in [-0.39, 0.29) is 0 Å². The number of hydrogen-bond donors (Lipinski definition) is 0. The second kappa shape index (κ2) is 6.60. The summed E-state index contributed by atoms with van der Waals surface area (Å²) in [6.07, 6.45) is 11.4. The summed E-state index contributed by atoms with van der Waals surface area (Å²) in [6.45, 7) is 4.54. The zero-order valence-corrected chi connectivity index (χ0v) is 13.1. The van der Waals surface area contributed by atoms with Gasteiger partial charge in [-0.1, -0.05) is 55.9 Å². The predicted molar refractivity (Wildman–Crippen MR) is 90.0 cm³/mol. The Labute approximate surface area is 123 Å². The highest BCUT2D eigenvalue weighted by molar-refractivity contribution is 5.76. The maximum absolute atomic E-state index is 2.34. The first-order chi connectivity index (χ1) is 9.56. The Morgan fingerprint density at radius 1 is 1.00 bits per heavy atom. The molecule has 1 nitrogen and oxygen atoms in total. The van der Waals surface area contributed by atoms with Crippen molar-refractivity contribution in [3.05, 3.63) is 59.7 Å². The fourth-order valence-corrected chi connectivity index (χ4v) is 2.46. The van der Waals surface area contributed by atoms with Crippen LogP contribution in [0.4, 0.5) is 5.69 Å². The molecule has 1 aliphatic carbocycles. The van der Waals surface area contributed by atoms with Crippen molar-refractivity contribution in [2.24, 2.45) is 5.92 Å². The predicted octanol–water partition coefficient (Wildman–Crippen LogP) is 5.07. The van der Waals surface area contributed by atoms with Gasteiger partial charge in [0.15, 0.2) is 0 Å². The number of anilines is 1. The molecule has 106 valence electrons. The lowest BCUT2D eigenvalue weighted by molar-refractivity contribution is 0.649. The van der Waals surface area contributed by atoms with E-state index < -0.39 is 0 Å². The summed E-state index contributed by atoms with van der Waals surface area (Å²) in [6, 6.07) is 8.77. The van der Waals surface area contributed by atoms with Gasteiger partial charge < -0.3 is 4.90 Å². The molecule has 2 rings (SSSR count). The van der Waals surface area contributed by atoms with Gasteiger partial charge in [0.1, 0.15) is 0 Å². The summed E-state index contributed by atoms with van der Waals surface area (Å²) in [5, 5.41) is 0. The van der Waals surface area contributed by atoms with E-state index in [4.69, 9.17) is 0 Å². The second-order valence-electron chi connectivity index (χ2n) is 6.05. The summed E-state index contributed by atoms with van der Waals surface area (Å²) in [5.41, 5.74) is 5.32. The van der Waals surface area contributed by atoms with Crippen LogP contribution in [-0.4, -0.2) is 14.1 Å². The van der Waals surface area contributed by atoms with E-state index in [1.165, 1.54) is 22.4 Å². The Hall–Kier alpha value is -1.76. The lowest BCUT2D eigenvalue weighted by Crippen LogP contribution is -2.08. The molecule has 20 heavy (non-hydrogen) atoms. The molecule has 0 aromatic heterocycles. The highest BCUT2D eigenvalue weighted by atomic mass is 15.1. The standard InChI is InChI=1S/C19H25N/c1-15(2)14-16-6-5-7-17(9-8-16)18-10-12-19(13-11-18)20(3)4/h6-13,15H,5,14H2,1-4H3. The van der Waals surface area contributed by atoms with E-state index in [2.05, 4.69) is 81.4 Å². The van der Waals surface area contributed by atoms with Gasteiger partial charge in [-0.2, -0.15) is 0 Å². The molecule has 0 bridgehead atoms. The van der Waals surface area contributed by atoms with Crippen molar-refractivity contribution in [3.8, 4) is 0 Å². The highest BCUT2D eigenvalue weighted by Crippen LogP contribution is 2.24. The van der Waals surface area contributed by atoms with Gasteiger partial charge in [0.25, 0.3) is 0 Å². The van der Waals surface area contributed by atoms with E-state index >= 15 is 0 Å². The van der Waals surface area contributed by atoms with Gasteiger partial charge in [-0.15, -0.1) is 0 Å². The van der Waals surface area contributed by atoms with Crippen LogP contribution >= 0.6 is 0 Å². The third kappa shape index (κ3) is 3.86. The summed E-state index contributed by atoms with van der Waals surface area (Å²) < 4.78 is 0. The molecule has 0 atom stereocenters. The molecule has 0 amide bonds. The van der Waals surface area contributed by atoms with Gasteiger partial charge in [-0.05, 0) is 42.0 Å². The maximum atomic E-state index is 2.34. The SMILES string of the molecule is CC(C)CC1=CCC=C(c2ccc(N(C)C)cc2)C=C1. The van der Waals surface area contributed by atoms with Crippen LogP contribution in [0.1, 0.15) is 32.3 Å². The lowest BCUT2D eigenvalue weighted by Gasteiger charge is -2.13. The Morgan fingerprint density at radius 2 is 1.70 bits per heavy atom. The van der Waals surface area contributed by atoms with Crippen molar-refractivity contribution in [2.75, 3.05) is 19.0 Å². The van der Waals surface area contributed by atoms with E-state index in [0.717, 1.165) is 12.8 Å². The van der Waals surface area contributed by atoms with E-state index in [1.54, 1.807) is 0 Å². The van der Waals surface area contributed by atoms with Crippen LogP contribution in [0.3, 0.4) is 0 Å². The van der Waals surface area contributed by atoms with Crippen molar-refractivity contribution < 1.29 is 0 Å². The Kier molecular flexibility index (Phi) is 4.84. The first-order valence-corrected chi connectivity index (χ1v) is 7.41. The van der Waals surface area contributed by atoms with Crippen LogP contribution in [0.25, 0.3) is 5.57 Å². The first kappa shape index (κ1) is 14.6. The van der Waals surface area contributed by atoms with Crippen LogP contribution in [0, 0.1) is 5.92 Å². The zero-order chi connectivity index (χ0) is 14.5. The number of hydrogen-bond acceptors (Lipinski definition) is 1. The van der Waals surface area contributed by atoms with Crippen LogP contribution in [0.15, 0.2) is 54.1 Å². The van der Waals surface area contributed by atoms with Crippen molar-refractivity contribution in [1.82, 2.24) is 0 Å². The molecular formula is C19H25N. The molecule has 1 aromatic rings. The van der Waals surface area contributed by atoms with Gasteiger partial charge in [0.05, 0.1) is 0 Å². The molecule has 0 N–H and O–H groups in total. The van der Waals surface area contributed by atoms with E-state index in [9.17, 15) is 0 Å². The Balaban J connectivity index is 2.13. The molecule has 0 unspecified atom stereocenters. The lowest BCUT2D eigenvalue weighted by atomic mass is 10.0. The molecule has 0 saturated heterocycles. The normalized spacial score (nSPS) is 14.8. The number of nitrogens with zero attached hydrogens (tertiary/aromatic N) is 1. The topological polar surface area (TPSA) is 3.24 Å². The number of rotatable bonds is 4. The molecule has 0 aliphatic heterocycles. The molecule has 1 heteroatoms. The summed E-state index contributed by atoms with van der Waals surface area (Å²) in [7, 11) is 4.14. The average molecular weight is 267 g/mol. The minimum absolute atomic E-state index is 0.715. The number of benzene rings is 1. The minimum Gasteiger partial charge on any atom is -0.378 e. The fourth-order valence-electron chi connectivity index (χ4n) is 2.46. The summed E-state index contributed by atoms with van der Waals surface area (Å²) >= 11 is 0. The maximum Gasteiger partial charge on any atom is 0.0361 e. The molecular weight excluding hydrogens is 242 g/mol. The third-order valence-electron chi connectivity index (χ3n) is 3.56. The van der Waals surface area contributed by atoms with Crippen LogP contribution in [0.2, 0.25) is 0 Å².